The summed E-state index contributed by atoms with van der Waals surface area (Å²) in [4.78, 5) is 0. The van der Waals surface area contributed by atoms with Gasteiger partial charge in [0.1, 0.15) is 0 Å². The lowest BCUT2D eigenvalue weighted by Gasteiger charge is -2.30. The van der Waals surface area contributed by atoms with Gasteiger partial charge in [-0.25, -0.2) is 0 Å². The van der Waals surface area contributed by atoms with Crippen molar-refractivity contribution in [3.8, 4) is 0 Å². The van der Waals surface area contributed by atoms with Gasteiger partial charge >= 0.3 is 0 Å². The second-order valence-electron chi connectivity index (χ2n) is 4.01. The van der Waals surface area contributed by atoms with Gasteiger partial charge in [-0.1, -0.05) is 31.0 Å². The van der Waals surface area contributed by atoms with Gasteiger partial charge in [0, 0.05) is 10.8 Å². The van der Waals surface area contributed by atoms with E-state index in [-0.39, 0.29) is 0 Å². The monoisotopic (exact) mass is 180 g/mol. The number of nitrogens with zero attached hydrogens (tertiary/aromatic N) is 2. The van der Waals surface area contributed by atoms with E-state index in [2.05, 4.69) is 6.08 Å². The van der Waals surface area contributed by atoms with Gasteiger partial charge in [0.15, 0.2) is 0 Å². The molecular formula is C9H12N2S. The number of hydrogen-bond acceptors (Lipinski definition) is 1. The van der Waals surface area contributed by atoms with Crippen molar-refractivity contribution in [2.75, 3.05) is 0 Å². The largest absolute Gasteiger partial charge is 0.499 e. The van der Waals surface area contributed by atoms with Crippen molar-refractivity contribution >= 4 is 11.8 Å². The third-order valence-corrected chi connectivity index (χ3v) is 4.79. The lowest BCUT2D eigenvalue weighted by molar-refractivity contribution is -0.345. The predicted octanol–water partition coefficient (Wildman–Crippen LogP) is 2.69. The smallest absolute Gasteiger partial charge is 0.277 e. The molecule has 3 rings (SSSR count). The number of rotatable bonds is 0. The Morgan fingerprint density at radius 2 is 2.17 bits per heavy atom. The van der Waals surface area contributed by atoms with Crippen LogP contribution >= 0.6 is 11.8 Å². The molecule has 0 N–H and O–H groups in total. The van der Waals surface area contributed by atoms with E-state index in [4.69, 9.17) is 0 Å². The van der Waals surface area contributed by atoms with Crippen LogP contribution in [0.15, 0.2) is 11.8 Å². The first-order valence-corrected chi connectivity index (χ1v) is 5.57. The van der Waals surface area contributed by atoms with Gasteiger partial charge in [0.05, 0.1) is 0 Å². The van der Waals surface area contributed by atoms with Crippen LogP contribution in [-0.2, 0) is 0 Å². The minimum atomic E-state index is 0.336. The zero-order valence-corrected chi connectivity index (χ0v) is 7.81. The van der Waals surface area contributed by atoms with Crippen LogP contribution in [0.1, 0.15) is 32.1 Å². The SMILES string of the molecule is [N-]=[N+]1C2=CC3(CCCCC3)SC21. The van der Waals surface area contributed by atoms with Crippen LogP contribution in [0.3, 0.4) is 0 Å². The highest BCUT2D eigenvalue weighted by atomic mass is 32.2. The summed E-state index contributed by atoms with van der Waals surface area (Å²) in [5.41, 5.74) is 10.4. The van der Waals surface area contributed by atoms with Crippen LogP contribution in [0, 0.1) is 0 Å². The summed E-state index contributed by atoms with van der Waals surface area (Å²) >= 11 is 1.95. The standard InChI is InChI=1S/C9H12N2S/c10-11-7-6-9(12-8(7)11)4-2-1-3-5-9/h6,8H,1-5H2. The molecule has 1 atom stereocenters. The third-order valence-electron chi connectivity index (χ3n) is 3.13. The molecule has 2 fully saturated rings. The fourth-order valence-corrected chi connectivity index (χ4v) is 3.98. The quantitative estimate of drug-likeness (QED) is 0.415. The van der Waals surface area contributed by atoms with Crippen molar-refractivity contribution in [3.63, 3.8) is 0 Å². The Hall–Kier alpha value is -0.310. The Labute approximate surface area is 76.5 Å². The normalized spacial score (nSPS) is 36.5. The van der Waals surface area contributed by atoms with Gasteiger partial charge in [0.25, 0.3) is 5.37 Å². The molecule has 0 radical (unpaired) electrons. The van der Waals surface area contributed by atoms with E-state index < -0.39 is 0 Å². The Kier molecular flexibility index (Phi) is 1.27. The van der Waals surface area contributed by atoms with Crippen molar-refractivity contribution in [1.82, 2.24) is 0 Å². The number of thioether (sulfide) groups is 1. The Morgan fingerprint density at radius 3 is 2.75 bits per heavy atom. The first kappa shape index (κ1) is 7.13. The van der Waals surface area contributed by atoms with Crippen LogP contribution in [0.4, 0.5) is 0 Å². The van der Waals surface area contributed by atoms with Crippen LogP contribution < -0.4 is 0 Å². The first-order chi connectivity index (χ1) is 5.81. The molecule has 1 unspecified atom stereocenters. The molecule has 0 aromatic carbocycles. The van der Waals surface area contributed by atoms with Crippen LogP contribution in [0.5, 0.6) is 0 Å². The molecule has 64 valence electrons. The molecule has 3 aliphatic rings. The second kappa shape index (κ2) is 2.13. The molecule has 0 aromatic rings. The molecule has 2 aliphatic heterocycles. The molecule has 1 saturated carbocycles. The van der Waals surface area contributed by atoms with Gasteiger partial charge in [0.2, 0.25) is 5.70 Å². The number of hydrogen-bond donors (Lipinski definition) is 0. The molecule has 2 heterocycles. The molecule has 0 amide bonds. The summed E-state index contributed by atoms with van der Waals surface area (Å²) < 4.78 is 1.82. The molecule has 0 bridgehead atoms. The van der Waals surface area contributed by atoms with Gasteiger partial charge < -0.3 is 5.53 Å². The second-order valence-corrected chi connectivity index (χ2v) is 5.50. The third kappa shape index (κ3) is 0.830. The molecular weight excluding hydrogens is 168 g/mol. The van der Waals surface area contributed by atoms with Crippen molar-refractivity contribution in [1.29, 1.82) is 0 Å². The van der Waals surface area contributed by atoms with E-state index in [1.807, 2.05) is 11.8 Å². The lowest BCUT2D eigenvalue weighted by Crippen LogP contribution is -2.24. The van der Waals surface area contributed by atoms with Crippen LogP contribution in [0.2, 0.25) is 0 Å². The van der Waals surface area contributed by atoms with Gasteiger partial charge in [-0.2, -0.15) is 0 Å². The van der Waals surface area contributed by atoms with Gasteiger partial charge in [-0.05, 0) is 12.8 Å². The van der Waals surface area contributed by atoms with Gasteiger partial charge in [-0.3, -0.25) is 4.70 Å². The Morgan fingerprint density at radius 1 is 1.42 bits per heavy atom. The van der Waals surface area contributed by atoms with Crippen LogP contribution in [-0.4, -0.2) is 14.8 Å². The lowest BCUT2D eigenvalue weighted by atomic mass is 9.88. The van der Waals surface area contributed by atoms with E-state index in [1.54, 1.807) is 0 Å². The average molecular weight is 180 g/mol. The fraction of sp³-hybridized carbons (Fsp3) is 0.778. The van der Waals surface area contributed by atoms with Crippen LogP contribution in [0.25, 0.3) is 5.53 Å². The molecule has 1 spiro atoms. The first-order valence-electron chi connectivity index (χ1n) is 4.69. The highest BCUT2D eigenvalue weighted by Gasteiger charge is 2.58. The maximum absolute atomic E-state index is 9.20. The van der Waals surface area contributed by atoms with E-state index in [0.29, 0.717) is 10.1 Å². The summed E-state index contributed by atoms with van der Waals surface area (Å²) in [7, 11) is 0. The van der Waals surface area contributed by atoms with Crippen molar-refractivity contribution in [3.05, 3.63) is 17.3 Å². The Bertz CT molecular complexity index is 276. The zero-order valence-electron chi connectivity index (χ0n) is 6.99. The van der Waals surface area contributed by atoms with Crippen molar-refractivity contribution in [2.45, 2.75) is 42.2 Å². The average Bonchev–Trinajstić information content (AvgIpc) is 2.57. The highest BCUT2D eigenvalue weighted by molar-refractivity contribution is 8.02. The maximum Gasteiger partial charge on any atom is 0.277 e. The summed E-state index contributed by atoms with van der Waals surface area (Å²) in [6.45, 7) is 0. The van der Waals surface area contributed by atoms with E-state index in [0.717, 1.165) is 0 Å². The molecule has 1 aliphatic carbocycles. The molecule has 12 heavy (non-hydrogen) atoms. The summed E-state index contributed by atoms with van der Waals surface area (Å²) in [5, 5.41) is 0.336. The minimum Gasteiger partial charge on any atom is -0.499 e. The highest BCUT2D eigenvalue weighted by Crippen LogP contribution is 2.57. The summed E-state index contributed by atoms with van der Waals surface area (Å²) in [6.07, 6.45) is 9.10. The van der Waals surface area contributed by atoms with Crippen molar-refractivity contribution in [2.24, 2.45) is 0 Å². The van der Waals surface area contributed by atoms with E-state index in [9.17, 15) is 5.53 Å². The Balaban J connectivity index is 1.86. The summed E-state index contributed by atoms with van der Waals surface area (Å²) in [5.74, 6) is 0. The van der Waals surface area contributed by atoms with E-state index >= 15 is 0 Å². The zero-order chi connectivity index (χ0) is 8.18. The van der Waals surface area contributed by atoms with Gasteiger partial charge in [-0.15, -0.1) is 0 Å². The number of fused-ring (bicyclic) bond motifs is 1. The van der Waals surface area contributed by atoms with Crippen molar-refractivity contribution < 1.29 is 4.70 Å². The van der Waals surface area contributed by atoms with E-state index in [1.165, 1.54) is 42.5 Å². The molecule has 1 saturated heterocycles. The predicted molar refractivity (Wildman–Crippen MR) is 48.9 cm³/mol. The molecule has 0 aromatic heterocycles. The minimum absolute atomic E-state index is 0.336. The summed E-state index contributed by atoms with van der Waals surface area (Å²) in [6, 6.07) is 0. The fourth-order valence-electron chi connectivity index (χ4n) is 2.37. The topological polar surface area (TPSA) is 25.3 Å². The molecule has 2 nitrogen and oxygen atoms in total. The maximum atomic E-state index is 9.20. The molecule has 3 heteroatoms.